The van der Waals surface area contributed by atoms with Gasteiger partial charge in [-0.15, -0.1) is 0 Å². The number of fused-ring (bicyclic) bond motifs is 2. The van der Waals surface area contributed by atoms with Gasteiger partial charge in [-0.1, -0.05) is 53.3 Å². The van der Waals surface area contributed by atoms with Crippen LogP contribution >= 0.6 is 22.6 Å². The first-order valence-electron chi connectivity index (χ1n) is 8.14. The van der Waals surface area contributed by atoms with Crippen LogP contribution in [0.3, 0.4) is 0 Å². The quantitative estimate of drug-likeness (QED) is 0.282. The van der Waals surface area contributed by atoms with E-state index in [1.807, 2.05) is 0 Å². The highest BCUT2D eigenvalue weighted by Gasteiger charge is 2.49. The lowest BCUT2D eigenvalue weighted by atomic mass is 9.72. The third-order valence-corrected chi connectivity index (χ3v) is 7.77. The van der Waals surface area contributed by atoms with Crippen LogP contribution in [0.1, 0.15) is 46.0 Å². The summed E-state index contributed by atoms with van der Waals surface area (Å²) in [4.78, 5) is 12.8. The summed E-state index contributed by atoms with van der Waals surface area (Å²) in [6.07, 6.45) is 7.38. The molecule has 3 aliphatic rings. The Morgan fingerprint density at radius 3 is 2.86 bits per heavy atom. The van der Waals surface area contributed by atoms with Crippen molar-refractivity contribution in [1.29, 1.82) is 0 Å². The van der Waals surface area contributed by atoms with E-state index in [0.29, 0.717) is 12.3 Å². The summed E-state index contributed by atoms with van der Waals surface area (Å²) in [6, 6.07) is 0. The average molecular weight is 412 g/mol. The van der Waals surface area contributed by atoms with Gasteiger partial charge in [0.25, 0.3) is 0 Å². The van der Waals surface area contributed by atoms with Crippen LogP contribution < -0.4 is 0 Å². The molecule has 1 unspecified atom stereocenters. The van der Waals surface area contributed by atoms with E-state index in [9.17, 15) is 4.79 Å². The molecule has 1 saturated carbocycles. The van der Waals surface area contributed by atoms with E-state index in [0.717, 1.165) is 37.9 Å². The van der Waals surface area contributed by atoms with Crippen LogP contribution in [0.5, 0.6) is 0 Å². The summed E-state index contributed by atoms with van der Waals surface area (Å²) >= 11 is 2.49. The highest BCUT2D eigenvalue weighted by Crippen LogP contribution is 2.57. The Balaban J connectivity index is 2.16. The fraction of sp³-hybridized carbons (Fsp3) is 0.632. The van der Waals surface area contributed by atoms with Gasteiger partial charge in [0, 0.05) is 30.4 Å². The number of methoxy groups -OCH3 is 1. The molecule has 0 amide bonds. The maximum Gasteiger partial charge on any atom is 0.164 e. The number of carbonyl (C=O) groups is 1. The van der Waals surface area contributed by atoms with Gasteiger partial charge >= 0.3 is 0 Å². The van der Waals surface area contributed by atoms with E-state index in [2.05, 4.69) is 49.1 Å². The van der Waals surface area contributed by atoms with E-state index in [-0.39, 0.29) is 14.6 Å². The summed E-state index contributed by atoms with van der Waals surface area (Å²) in [7, 11) is 1.77. The van der Waals surface area contributed by atoms with Gasteiger partial charge in [0.1, 0.15) is 0 Å². The van der Waals surface area contributed by atoms with Gasteiger partial charge in [0.05, 0.1) is 10.0 Å². The van der Waals surface area contributed by atoms with Crippen molar-refractivity contribution < 1.29 is 9.53 Å². The molecular formula is C19H25IO2. The predicted octanol–water partition coefficient (Wildman–Crippen LogP) is 4.79. The molecule has 0 aliphatic heterocycles. The van der Waals surface area contributed by atoms with E-state index >= 15 is 0 Å². The Hall–Kier alpha value is -0.420. The fourth-order valence-electron chi connectivity index (χ4n) is 4.51. The minimum Gasteiger partial charge on any atom is -0.384 e. The number of alkyl halides is 1. The lowest BCUT2D eigenvalue weighted by Gasteiger charge is -2.36. The zero-order valence-electron chi connectivity index (χ0n) is 13.8. The first-order chi connectivity index (χ1) is 10.3. The average Bonchev–Trinajstić information content (AvgIpc) is 2.92. The van der Waals surface area contributed by atoms with Crippen molar-refractivity contribution in [2.45, 2.75) is 49.4 Å². The summed E-state index contributed by atoms with van der Waals surface area (Å²) in [5, 5.41) is 0. The van der Waals surface area contributed by atoms with E-state index in [4.69, 9.17) is 4.74 Å². The number of hydrogen-bond donors (Lipinski definition) is 0. The SMILES string of the molecule is C=C1C(=O)CC2=C(C)CC[C@]2(C)/C=C2/[C@@H](COC)CCC12I. The van der Waals surface area contributed by atoms with Crippen LogP contribution in [-0.4, -0.2) is 22.9 Å². The van der Waals surface area contributed by atoms with Crippen LogP contribution in [0.2, 0.25) is 0 Å². The molecule has 0 saturated heterocycles. The fourth-order valence-corrected chi connectivity index (χ4v) is 5.72. The summed E-state index contributed by atoms with van der Waals surface area (Å²) in [5.74, 6) is 0.657. The third-order valence-electron chi connectivity index (χ3n) is 5.95. The molecule has 22 heavy (non-hydrogen) atoms. The molecule has 0 heterocycles. The Labute approximate surface area is 147 Å². The Morgan fingerprint density at radius 2 is 2.18 bits per heavy atom. The topological polar surface area (TPSA) is 26.3 Å². The van der Waals surface area contributed by atoms with Crippen LogP contribution in [0, 0.1) is 11.3 Å². The number of Topliss-reactive ketones (excluding diaryl/α,β-unsaturated/α-hetero) is 1. The van der Waals surface area contributed by atoms with E-state index in [1.165, 1.54) is 16.7 Å². The second kappa shape index (κ2) is 5.59. The Morgan fingerprint density at radius 1 is 1.45 bits per heavy atom. The summed E-state index contributed by atoms with van der Waals surface area (Å²) < 4.78 is 5.26. The molecule has 0 spiro atoms. The van der Waals surface area contributed by atoms with Gasteiger partial charge in [-0.3, -0.25) is 4.79 Å². The minimum atomic E-state index is -0.191. The van der Waals surface area contributed by atoms with Gasteiger partial charge in [0.15, 0.2) is 5.78 Å². The molecule has 3 heteroatoms. The first-order valence-corrected chi connectivity index (χ1v) is 9.22. The van der Waals surface area contributed by atoms with Crippen molar-refractivity contribution >= 4 is 28.4 Å². The van der Waals surface area contributed by atoms with Gasteiger partial charge in [0.2, 0.25) is 0 Å². The molecule has 0 aromatic heterocycles. The zero-order valence-corrected chi connectivity index (χ0v) is 16.0. The first kappa shape index (κ1) is 16.4. The number of rotatable bonds is 2. The number of allylic oxidation sites excluding steroid dienone is 4. The third kappa shape index (κ3) is 2.35. The van der Waals surface area contributed by atoms with E-state index < -0.39 is 0 Å². The molecule has 0 bridgehead atoms. The summed E-state index contributed by atoms with van der Waals surface area (Å²) in [5.41, 5.74) is 4.98. The van der Waals surface area contributed by atoms with Crippen molar-refractivity contribution in [3.63, 3.8) is 0 Å². The lowest BCUT2D eigenvalue weighted by Crippen LogP contribution is -2.33. The van der Waals surface area contributed by atoms with Crippen LogP contribution in [-0.2, 0) is 9.53 Å². The van der Waals surface area contributed by atoms with Gasteiger partial charge < -0.3 is 4.74 Å². The number of carbonyl (C=O) groups excluding carboxylic acids is 1. The van der Waals surface area contributed by atoms with Crippen LogP contribution in [0.15, 0.2) is 34.9 Å². The Bertz CT molecular complexity index is 601. The maximum atomic E-state index is 12.8. The monoisotopic (exact) mass is 412 g/mol. The van der Waals surface area contributed by atoms with Gasteiger partial charge in [-0.05, 0) is 38.2 Å². The maximum absolute atomic E-state index is 12.8. The number of halogens is 1. The number of hydrogen-bond acceptors (Lipinski definition) is 2. The van der Waals surface area contributed by atoms with Crippen molar-refractivity contribution in [1.82, 2.24) is 0 Å². The lowest BCUT2D eigenvalue weighted by molar-refractivity contribution is -0.115. The number of ether oxygens (including phenoxy) is 1. The second-order valence-electron chi connectivity index (χ2n) is 7.35. The molecule has 0 aromatic rings. The molecule has 3 atom stereocenters. The molecule has 3 aliphatic carbocycles. The van der Waals surface area contributed by atoms with Crippen LogP contribution in [0.25, 0.3) is 0 Å². The second-order valence-corrected chi connectivity index (χ2v) is 9.19. The smallest absolute Gasteiger partial charge is 0.164 e. The summed E-state index contributed by atoms with van der Waals surface area (Å²) in [6.45, 7) is 9.45. The standard InChI is InChI=1S/C19H25IO2/c1-12-5-7-18(3)10-16-14(11-22-4)6-8-19(16,20)13(2)17(21)9-15(12)18/h10,14H,2,5-9,11H2,1,3-4H3/b16-10-/t14-,18-,19?/m1/s1. The molecule has 1 fully saturated rings. The molecule has 120 valence electrons. The van der Waals surface area contributed by atoms with Gasteiger partial charge in [-0.25, -0.2) is 0 Å². The highest BCUT2D eigenvalue weighted by atomic mass is 127. The molecule has 2 nitrogen and oxygen atoms in total. The highest BCUT2D eigenvalue weighted by molar-refractivity contribution is 14.1. The zero-order chi connectivity index (χ0) is 16.1. The van der Waals surface area contributed by atoms with Crippen LogP contribution in [0.4, 0.5) is 0 Å². The molecule has 3 rings (SSSR count). The van der Waals surface area contributed by atoms with Crippen molar-refractivity contribution in [2.75, 3.05) is 13.7 Å². The largest absolute Gasteiger partial charge is 0.384 e. The van der Waals surface area contributed by atoms with Crippen molar-refractivity contribution in [2.24, 2.45) is 11.3 Å². The van der Waals surface area contributed by atoms with Crippen molar-refractivity contribution in [3.8, 4) is 0 Å². The normalized spacial score (nSPS) is 40.9. The molecular weight excluding hydrogens is 387 g/mol. The minimum absolute atomic E-state index is 0.0442. The molecule has 0 N–H and O–H groups in total. The Kier molecular flexibility index (Phi) is 4.17. The van der Waals surface area contributed by atoms with Crippen molar-refractivity contribution in [3.05, 3.63) is 34.9 Å². The molecule has 0 aromatic carbocycles. The molecule has 0 radical (unpaired) electrons. The van der Waals surface area contributed by atoms with E-state index in [1.54, 1.807) is 7.11 Å². The predicted molar refractivity (Wildman–Crippen MR) is 98.2 cm³/mol. The van der Waals surface area contributed by atoms with Gasteiger partial charge in [-0.2, -0.15) is 0 Å². The number of ketones is 1.